The minimum atomic E-state index is -0.833. The predicted molar refractivity (Wildman–Crippen MR) is 47.6 cm³/mol. The maximum atomic E-state index is 8.98. The Morgan fingerprint density at radius 2 is 2.38 bits per heavy atom. The Kier molecular flexibility index (Phi) is 2.61. The Morgan fingerprint density at radius 1 is 1.69 bits per heavy atom. The van der Waals surface area contributed by atoms with Gasteiger partial charge < -0.3 is 10.8 Å². The van der Waals surface area contributed by atoms with Gasteiger partial charge in [0, 0.05) is 12.4 Å². The third-order valence-corrected chi connectivity index (χ3v) is 1.86. The zero-order valence-corrected chi connectivity index (χ0v) is 7.36. The number of nitrogens with two attached hydrogens (primary N) is 1. The van der Waals surface area contributed by atoms with Crippen LogP contribution in [0.2, 0.25) is 0 Å². The Bertz CT molecular complexity index is 341. The molecule has 0 radical (unpaired) electrons. The summed E-state index contributed by atoms with van der Waals surface area (Å²) < 4.78 is 0. The van der Waals surface area contributed by atoms with Crippen molar-refractivity contribution in [2.45, 2.75) is 12.5 Å². The van der Waals surface area contributed by atoms with Gasteiger partial charge in [-0.2, -0.15) is 5.26 Å². The number of nitrogens with zero attached hydrogens (tertiary/aromatic N) is 2. The second-order valence-electron chi connectivity index (χ2n) is 3.15. The van der Waals surface area contributed by atoms with E-state index < -0.39 is 5.54 Å². The van der Waals surface area contributed by atoms with Crippen LogP contribution >= 0.6 is 0 Å². The molecule has 0 saturated heterocycles. The van der Waals surface area contributed by atoms with E-state index in [2.05, 4.69) is 4.98 Å². The average Bonchev–Trinajstić information content (AvgIpc) is 2.18. The molecule has 0 spiro atoms. The number of aromatic nitrogens is 1. The number of rotatable bonds is 2. The average molecular weight is 177 g/mol. The summed E-state index contributed by atoms with van der Waals surface area (Å²) in [6, 6.07) is 3.59. The van der Waals surface area contributed by atoms with E-state index in [4.69, 9.17) is 16.1 Å². The zero-order chi connectivity index (χ0) is 9.90. The molecule has 0 amide bonds. The Labute approximate surface area is 76.6 Å². The maximum absolute atomic E-state index is 8.98. The van der Waals surface area contributed by atoms with Crippen molar-refractivity contribution in [3.05, 3.63) is 29.6 Å². The molecule has 1 rings (SSSR count). The van der Waals surface area contributed by atoms with Crippen molar-refractivity contribution in [1.82, 2.24) is 4.98 Å². The number of aliphatic hydroxyl groups is 1. The highest BCUT2D eigenvalue weighted by molar-refractivity contribution is 5.32. The summed E-state index contributed by atoms with van der Waals surface area (Å²) in [5.41, 5.74) is 6.04. The lowest BCUT2D eigenvalue weighted by molar-refractivity contribution is 0.210. The summed E-state index contributed by atoms with van der Waals surface area (Å²) in [5.74, 6) is 0. The molecule has 4 heteroatoms. The van der Waals surface area contributed by atoms with Crippen molar-refractivity contribution in [2.75, 3.05) is 6.61 Å². The smallest absolute Gasteiger partial charge is 0.101 e. The van der Waals surface area contributed by atoms with Crippen molar-refractivity contribution in [3.63, 3.8) is 0 Å². The van der Waals surface area contributed by atoms with Gasteiger partial charge in [-0.25, -0.2) is 0 Å². The zero-order valence-electron chi connectivity index (χ0n) is 7.36. The van der Waals surface area contributed by atoms with Crippen LogP contribution in [0.25, 0.3) is 0 Å². The number of nitriles is 1. The molecule has 0 saturated carbocycles. The van der Waals surface area contributed by atoms with Gasteiger partial charge in [0.2, 0.25) is 0 Å². The van der Waals surface area contributed by atoms with Crippen LogP contribution in [0, 0.1) is 11.3 Å². The van der Waals surface area contributed by atoms with Crippen molar-refractivity contribution < 1.29 is 5.11 Å². The molecule has 3 N–H and O–H groups in total. The largest absolute Gasteiger partial charge is 0.394 e. The van der Waals surface area contributed by atoms with Crippen LogP contribution < -0.4 is 5.73 Å². The normalized spacial score (nSPS) is 14.6. The maximum Gasteiger partial charge on any atom is 0.101 e. The van der Waals surface area contributed by atoms with Crippen LogP contribution in [0.15, 0.2) is 18.5 Å². The van der Waals surface area contributed by atoms with Crippen LogP contribution in [0.5, 0.6) is 0 Å². The summed E-state index contributed by atoms with van der Waals surface area (Å²) in [6.45, 7) is 1.51. The van der Waals surface area contributed by atoms with Gasteiger partial charge in [0.15, 0.2) is 0 Å². The number of hydrogen-bond donors (Lipinski definition) is 2. The van der Waals surface area contributed by atoms with E-state index in [1.165, 1.54) is 6.20 Å². The highest BCUT2D eigenvalue weighted by Crippen LogP contribution is 2.16. The van der Waals surface area contributed by atoms with E-state index >= 15 is 0 Å². The molecule has 1 heterocycles. The van der Waals surface area contributed by atoms with Gasteiger partial charge in [0.05, 0.1) is 17.7 Å². The lowest BCUT2D eigenvalue weighted by atomic mass is 9.95. The van der Waals surface area contributed by atoms with Crippen molar-refractivity contribution in [1.29, 1.82) is 5.26 Å². The quantitative estimate of drug-likeness (QED) is 0.672. The third kappa shape index (κ3) is 2.02. The van der Waals surface area contributed by atoms with E-state index in [1.807, 2.05) is 6.07 Å². The Morgan fingerprint density at radius 3 is 2.92 bits per heavy atom. The molecule has 1 aromatic rings. The van der Waals surface area contributed by atoms with Crippen LogP contribution in [-0.2, 0) is 5.54 Å². The summed E-state index contributed by atoms with van der Waals surface area (Å²) in [6.07, 6.45) is 3.01. The summed E-state index contributed by atoms with van der Waals surface area (Å²) in [5, 5.41) is 17.6. The van der Waals surface area contributed by atoms with Crippen molar-refractivity contribution in [2.24, 2.45) is 5.73 Å². The van der Waals surface area contributed by atoms with Gasteiger partial charge in [-0.1, -0.05) is 0 Å². The first-order chi connectivity index (χ1) is 6.10. The molecule has 0 aromatic carbocycles. The predicted octanol–water partition coefficient (Wildman–Crippen LogP) is 0.119. The second-order valence-corrected chi connectivity index (χ2v) is 3.15. The first-order valence-electron chi connectivity index (χ1n) is 3.85. The van der Waals surface area contributed by atoms with E-state index in [0.29, 0.717) is 11.1 Å². The highest BCUT2D eigenvalue weighted by Gasteiger charge is 2.20. The topological polar surface area (TPSA) is 82.9 Å². The van der Waals surface area contributed by atoms with Gasteiger partial charge in [-0.15, -0.1) is 0 Å². The molecule has 4 nitrogen and oxygen atoms in total. The molecule has 1 aromatic heterocycles. The molecule has 68 valence electrons. The molecule has 0 aliphatic heterocycles. The summed E-state index contributed by atoms with van der Waals surface area (Å²) >= 11 is 0. The second kappa shape index (κ2) is 3.52. The molecule has 1 atom stereocenters. The molecule has 13 heavy (non-hydrogen) atoms. The molecule has 0 aliphatic carbocycles. The SMILES string of the molecule is CC(N)(CO)c1cncc(C#N)c1. The number of hydrogen-bond acceptors (Lipinski definition) is 4. The standard InChI is InChI=1S/C9H11N3O/c1-9(11,6-13)8-2-7(3-10)4-12-5-8/h2,4-5,13H,6,11H2,1H3. The minimum absolute atomic E-state index is 0.177. The molecule has 1 unspecified atom stereocenters. The first-order valence-corrected chi connectivity index (χ1v) is 3.85. The van der Waals surface area contributed by atoms with E-state index in [9.17, 15) is 0 Å². The van der Waals surface area contributed by atoms with Gasteiger partial charge >= 0.3 is 0 Å². The van der Waals surface area contributed by atoms with E-state index in [0.717, 1.165) is 0 Å². The fraction of sp³-hybridized carbons (Fsp3) is 0.333. The Balaban J connectivity index is 3.10. The van der Waals surface area contributed by atoms with Gasteiger partial charge in [0.1, 0.15) is 6.07 Å². The van der Waals surface area contributed by atoms with Crippen LogP contribution in [0.4, 0.5) is 0 Å². The molecule has 0 aliphatic rings. The summed E-state index contributed by atoms with van der Waals surface area (Å²) in [4.78, 5) is 3.86. The highest BCUT2D eigenvalue weighted by atomic mass is 16.3. The fourth-order valence-corrected chi connectivity index (χ4v) is 0.905. The lowest BCUT2D eigenvalue weighted by Gasteiger charge is -2.21. The number of aliphatic hydroxyl groups excluding tert-OH is 1. The monoisotopic (exact) mass is 177 g/mol. The fourth-order valence-electron chi connectivity index (χ4n) is 0.905. The minimum Gasteiger partial charge on any atom is -0.394 e. The Hall–Kier alpha value is -1.44. The van der Waals surface area contributed by atoms with Crippen molar-refractivity contribution in [3.8, 4) is 6.07 Å². The van der Waals surface area contributed by atoms with Crippen LogP contribution in [-0.4, -0.2) is 16.7 Å². The van der Waals surface area contributed by atoms with E-state index in [-0.39, 0.29) is 6.61 Å². The van der Waals surface area contributed by atoms with Gasteiger partial charge in [0.25, 0.3) is 0 Å². The van der Waals surface area contributed by atoms with Crippen LogP contribution in [0.1, 0.15) is 18.1 Å². The molecular formula is C9H11N3O. The van der Waals surface area contributed by atoms with Crippen LogP contribution in [0.3, 0.4) is 0 Å². The number of pyridine rings is 1. The van der Waals surface area contributed by atoms with Gasteiger partial charge in [-0.05, 0) is 18.6 Å². The van der Waals surface area contributed by atoms with E-state index in [1.54, 1.807) is 19.2 Å². The lowest BCUT2D eigenvalue weighted by Crippen LogP contribution is -2.37. The molecular weight excluding hydrogens is 166 g/mol. The van der Waals surface area contributed by atoms with Crippen molar-refractivity contribution >= 4 is 0 Å². The third-order valence-electron chi connectivity index (χ3n) is 1.86. The first kappa shape index (κ1) is 9.65. The summed E-state index contributed by atoms with van der Waals surface area (Å²) in [7, 11) is 0. The van der Waals surface area contributed by atoms with Gasteiger partial charge in [-0.3, -0.25) is 4.98 Å². The molecule has 0 fully saturated rings. The molecule has 0 bridgehead atoms.